The van der Waals surface area contributed by atoms with Gasteiger partial charge in [0.05, 0.1) is 12.2 Å². The molecular weight excluding hydrogens is 186 g/mol. The Labute approximate surface area is 93.0 Å². The van der Waals surface area contributed by atoms with Crippen molar-refractivity contribution in [2.24, 2.45) is 11.8 Å². The Morgan fingerprint density at radius 1 is 1.00 bits per heavy atom. The second-order valence-electron chi connectivity index (χ2n) is 5.95. The van der Waals surface area contributed by atoms with Crippen LogP contribution in [0.4, 0.5) is 0 Å². The van der Waals surface area contributed by atoms with E-state index in [1.54, 1.807) is 0 Å². The average Bonchev–Trinajstić information content (AvgIpc) is 2.76. The van der Waals surface area contributed by atoms with Crippen LogP contribution in [0.15, 0.2) is 0 Å². The lowest BCUT2D eigenvalue weighted by molar-refractivity contribution is -0.0862. The fourth-order valence-corrected chi connectivity index (χ4v) is 4.15. The molecule has 2 heteroatoms. The molecule has 3 rings (SSSR count). The van der Waals surface area contributed by atoms with Crippen molar-refractivity contribution >= 4 is 0 Å². The number of hydrogen-bond acceptors (Lipinski definition) is 2. The summed E-state index contributed by atoms with van der Waals surface area (Å²) in [4.78, 5) is 2.72. The summed E-state index contributed by atoms with van der Waals surface area (Å²) in [6, 6.07) is 0.901. The van der Waals surface area contributed by atoms with Gasteiger partial charge in [-0.2, -0.15) is 0 Å². The predicted molar refractivity (Wildman–Crippen MR) is 60.8 cm³/mol. The maximum absolute atomic E-state index is 5.81. The molecule has 0 aromatic heterocycles. The van der Waals surface area contributed by atoms with E-state index in [0.29, 0.717) is 12.2 Å². The van der Waals surface area contributed by atoms with E-state index in [9.17, 15) is 0 Å². The molecule has 1 saturated heterocycles. The van der Waals surface area contributed by atoms with Crippen molar-refractivity contribution < 1.29 is 4.74 Å². The molecule has 2 nitrogen and oxygen atoms in total. The second kappa shape index (κ2) is 3.74. The van der Waals surface area contributed by atoms with Gasteiger partial charge >= 0.3 is 0 Å². The third-order valence-electron chi connectivity index (χ3n) is 4.62. The lowest BCUT2D eigenvalue weighted by Gasteiger charge is -2.41. The zero-order valence-electron chi connectivity index (χ0n) is 9.98. The van der Waals surface area contributed by atoms with E-state index >= 15 is 0 Å². The van der Waals surface area contributed by atoms with Crippen LogP contribution >= 0.6 is 0 Å². The molecule has 0 radical (unpaired) electrons. The quantitative estimate of drug-likeness (QED) is 0.657. The van der Waals surface area contributed by atoms with Crippen LogP contribution in [0, 0.1) is 11.8 Å². The number of rotatable bonds is 1. The summed E-state index contributed by atoms with van der Waals surface area (Å²) >= 11 is 0. The van der Waals surface area contributed by atoms with Crippen LogP contribution in [0.3, 0.4) is 0 Å². The molecular formula is C13H23NO. The minimum atomic E-state index is 0.438. The molecule has 5 atom stereocenters. The molecule has 0 aromatic carbocycles. The molecule has 0 aromatic rings. The van der Waals surface area contributed by atoms with Gasteiger partial charge in [-0.3, -0.25) is 4.90 Å². The van der Waals surface area contributed by atoms with Gasteiger partial charge in [0.1, 0.15) is 0 Å². The third-order valence-corrected chi connectivity index (χ3v) is 4.62. The van der Waals surface area contributed by atoms with Gasteiger partial charge in [0.25, 0.3) is 0 Å². The van der Waals surface area contributed by atoms with E-state index in [-0.39, 0.29) is 0 Å². The number of morpholine rings is 1. The molecule has 0 spiro atoms. The van der Waals surface area contributed by atoms with Crippen LogP contribution in [-0.4, -0.2) is 36.2 Å². The van der Waals surface area contributed by atoms with E-state index in [1.165, 1.54) is 25.7 Å². The minimum Gasteiger partial charge on any atom is -0.373 e. The van der Waals surface area contributed by atoms with Crippen LogP contribution in [0.2, 0.25) is 0 Å². The smallest absolute Gasteiger partial charge is 0.0678 e. The molecule has 86 valence electrons. The summed E-state index contributed by atoms with van der Waals surface area (Å²) in [5.74, 6) is 2.08. The molecule has 15 heavy (non-hydrogen) atoms. The minimum absolute atomic E-state index is 0.438. The summed E-state index contributed by atoms with van der Waals surface area (Å²) in [6.45, 7) is 6.77. The SMILES string of the molecule is C[C@H]1CN([C@@H]2C[C@@H]3CC[C@@H]2C3)C[C@H](C)O1. The van der Waals surface area contributed by atoms with Crippen molar-refractivity contribution in [3.05, 3.63) is 0 Å². The van der Waals surface area contributed by atoms with Crippen molar-refractivity contribution in [1.82, 2.24) is 4.90 Å². The van der Waals surface area contributed by atoms with Crippen LogP contribution in [0.25, 0.3) is 0 Å². The Balaban J connectivity index is 1.66. The summed E-state index contributed by atoms with van der Waals surface area (Å²) in [6.07, 6.45) is 6.88. The first-order valence-corrected chi connectivity index (χ1v) is 6.62. The van der Waals surface area contributed by atoms with E-state index in [0.717, 1.165) is 31.0 Å². The lowest BCUT2D eigenvalue weighted by atomic mass is 9.93. The van der Waals surface area contributed by atoms with Crippen LogP contribution < -0.4 is 0 Å². The first kappa shape index (κ1) is 10.1. The maximum atomic E-state index is 5.81. The first-order valence-electron chi connectivity index (χ1n) is 6.62. The van der Waals surface area contributed by atoms with Gasteiger partial charge in [-0.05, 0) is 44.9 Å². The lowest BCUT2D eigenvalue weighted by Crippen LogP contribution is -2.51. The van der Waals surface area contributed by atoms with Gasteiger partial charge in [0, 0.05) is 19.1 Å². The van der Waals surface area contributed by atoms with Crippen LogP contribution in [0.5, 0.6) is 0 Å². The Morgan fingerprint density at radius 3 is 2.27 bits per heavy atom. The summed E-state index contributed by atoms with van der Waals surface area (Å²) in [5.41, 5.74) is 0. The van der Waals surface area contributed by atoms with Crippen molar-refractivity contribution in [1.29, 1.82) is 0 Å². The maximum Gasteiger partial charge on any atom is 0.0678 e. The fourth-order valence-electron chi connectivity index (χ4n) is 4.15. The van der Waals surface area contributed by atoms with E-state index < -0.39 is 0 Å². The molecule has 0 unspecified atom stereocenters. The monoisotopic (exact) mass is 209 g/mol. The Morgan fingerprint density at radius 2 is 1.73 bits per heavy atom. The molecule has 3 aliphatic rings. The van der Waals surface area contributed by atoms with Crippen molar-refractivity contribution in [3.8, 4) is 0 Å². The number of fused-ring (bicyclic) bond motifs is 2. The molecule has 2 aliphatic carbocycles. The van der Waals surface area contributed by atoms with Gasteiger partial charge in [0.15, 0.2) is 0 Å². The zero-order chi connectivity index (χ0) is 10.4. The molecule has 0 N–H and O–H groups in total. The number of ether oxygens (including phenoxy) is 1. The summed E-state index contributed by atoms with van der Waals surface area (Å²) in [5, 5.41) is 0. The van der Waals surface area contributed by atoms with Crippen LogP contribution in [0.1, 0.15) is 39.5 Å². The fraction of sp³-hybridized carbons (Fsp3) is 1.00. The molecule has 2 bridgehead atoms. The van der Waals surface area contributed by atoms with Crippen molar-refractivity contribution in [3.63, 3.8) is 0 Å². The second-order valence-corrected chi connectivity index (χ2v) is 5.95. The Bertz CT molecular complexity index is 233. The van der Waals surface area contributed by atoms with E-state index in [1.807, 2.05) is 0 Å². The highest BCUT2D eigenvalue weighted by Crippen LogP contribution is 2.47. The van der Waals surface area contributed by atoms with Gasteiger partial charge < -0.3 is 4.74 Å². The Hall–Kier alpha value is -0.0800. The van der Waals surface area contributed by atoms with E-state index in [2.05, 4.69) is 18.7 Å². The average molecular weight is 209 g/mol. The third kappa shape index (κ3) is 1.83. The molecule has 0 amide bonds. The highest BCUT2D eigenvalue weighted by atomic mass is 16.5. The highest BCUT2D eigenvalue weighted by molar-refractivity contribution is 4.96. The van der Waals surface area contributed by atoms with E-state index in [4.69, 9.17) is 4.74 Å². The van der Waals surface area contributed by atoms with Gasteiger partial charge in [-0.15, -0.1) is 0 Å². The van der Waals surface area contributed by atoms with Gasteiger partial charge in [-0.1, -0.05) is 6.42 Å². The largest absolute Gasteiger partial charge is 0.373 e. The van der Waals surface area contributed by atoms with Crippen LogP contribution in [-0.2, 0) is 4.74 Å². The molecule has 1 heterocycles. The highest BCUT2D eigenvalue weighted by Gasteiger charge is 2.43. The predicted octanol–water partition coefficient (Wildman–Crippen LogP) is 2.28. The first-order chi connectivity index (χ1) is 7.22. The standard InChI is InChI=1S/C13H23NO/c1-9-7-14(8-10(2)15-9)13-6-11-3-4-12(13)5-11/h9-13H,3-8H2,1-2H3/t9-,10-,11+,12+,13+/m0/s1. The van der Waals surface area contributed by atoms with Crippen molar-refractivity contribution in [2.45, 2.75) is 57.8 Å². The molecule has 1 aliphatic heterocycles. The molecule has 3 fully saturated rings. The summed E-state index contributed by atoms with van der Waals surface area (Å²) in [7, 11) is 0. The topological polar surface area (TPSA) is 12.5 Å². The number of hydrogen-bond donors (Lipinski definition) is 0. The number of nitrogens with zero attached hydrogens (tertiary/aromatic N) is 1. The van der Waals surface area contributed by atoms with Crippen molar-refractivity contribution in [2.75, 3.05) is 13.1 Å². The Kier molecular flexibility index (Phi) is 2.52. The normalized spacial score (nSPS) is 51.2. The zero-order valence-corrected chi connectivity index (χ0v) is 9.98. The molecule has 2 saturated carbocycles. The van der Waals surface area contributed by atoms with Gasteiger partial charge in [0.2, 0.25) is 0 Å². The van der Waals surface area contributed by atoms with Gasteiger partial charge in [-0.25, -0.2) is 0 Å². The summed E-state index contributed by atoms with van der Waals surface area (Å²) < 4.78 is 5.81.